The van der Waals surface area contributed by atoms with Crippen LogP contribution in [0.2, 0.25) is 0 Å². The summed E-state index contributed by atoms with van der Waals surface area (Å²) < 4.78 is 0. The predicted octanol–water partition coefficient (Wildman–Crippen LogP) is 13.0. The number of hydrogen-bond acceptors (Lipinski definition) is 1. The third-order valence-electron chi connectivity index (χ3n) is 8.85. The lowest BCUT2D eigenvalue weighted by Gasteiger charge is -2.28. The van der Waals surface area contributed by atoms with Crippen LogP contribution in [0.4, 0.5) is 17.1 Å². The molecule has 0 N–H and O–H groups in total. The van der Waals surface area contributed by atoms with E-state index in [4.69, 9.17) is 0 Å². The molecule has 0 saturated heterocycles. The maximum Gasteiger partial charge on any atom is 0.0540 e. The molecule has 0 amide bonds. The smallest absolute Gasteiger partial charge is 0.0540 e. The number of anilines is 3. The van der Waals surface area contributed by atoms with E-state index in [0.29, 0.717) is 0 Å². The van der Waals surface area contributed by atoms with E-state index in [1.54, 1.807) is 0 Å². The van der Waals surface area contributed by atoms with Crippen molar-refractivity contribution in [1.29, 1.82) is 0 Å². The van der Waals surface area contributed by atoms with Crippen LogP contribution >= 0.6 is 0 Å². The molecule has 0 unspecified atom stereocenters. The zero-order valence-electron chi connectivity index (χ0n) is 26.0. The van der Waals surface area contributed by atoms with Crippen molar-refractivity contribution >= 4 is 27.8 Å². The van der Waals surface area contributed by atoms with Crippen molar-refractivity contribution in [2.45, 2.75) is 0 Å². The van der Waals surface area contributed by atoms with Gasteiger partial charge in [-0.15, -0.1) is 0 Å². The van der Waals surface area contributed by atoms with Gasteiger partial charge in [-0.3, -0.25) is 0 Å². The summed E-state index contributed by atoms with van der Waals surface area (Å²) in [5.74, 6) is 0. The van der Waals surface area contributed by atoms with Gasteiger partial charge in [-0.2, -0.15) is 0 Å². The van der Waals surface area contributed by atoms with Gasteiger partial charge in [0.15, 0.2) is 0 Å². The monoisotopic (exact) mass is 599 g/mol. The van der Waals surface area contributed by atoms with Gasteiger partial charge in [-0.1, -0.05) is 152 Å². The number of benzene rings is 8. The molecule has 0 bridgehead atoms. The van der Waals surface area contributed by atoms with Gasteiger partial charge in [-0.05, 0) is 98.2 Å². The molecule has 8 rings (SSSR count). The molecule has 0 saturated carbocycles. The van der Waals surface area contributed by atoms with E-state index in [0.717, 1.165) is 17.1 Å². The first-order chi connectivity index (χ1) is 23.3. The average molecular weight is 600 g/mol. The molecule has 47 heavy (non-hydrogen) atoms. The quantitative estimate of drug-likeness (QED) is 0.176. The SMILES string of the molecule is c1ccc(-c2ccc(N(c3ccccc3)c3ccc(-c4cc(-c5ccccc5)c5ccccc5c4)cc3)c(-c3ccccc3)c2)cc1. The topological polar surface area (TPSA) is 3.24 Å². The average Bonchev–Trinajstić information content (AvgIpc) is 3.16. The van der Waals surface area contributed by atoms with Crippen molar-refractivity contribution in [3.63, 3.8) is 0 Å². The molecule has 0 aliphatic carbocycles. The minimum Gasteiger partial charge on any atom is -0.310 e. The molecule has 0 heterocycles. The van der Waals surface area contributed by atoms with Gasteiger partial charge in [0.1, 0.15) is 0 Å². The Bertz CT molecular complexity index is 2260. The van der Waals surface area contributed by atoms with Crippen LogP contribution in [-0.2, 0) is 0 Å². The predicted molar refractivity (Wildman–Crippen MR) is 200 cm³/mol. The van der Waals surface area contributed by atoms with Gasteiger partial charge in [0.25, 0.3) is 0 Å². The van der Waals surface area contributed by atoms with E-state index >= 15 is 0 Å². The summed E-state index contributed by atoms with van der Waals surface area (Å²) in [5, 5.41) is 2.51. The molecule has 8 aromatic carbocycles. The minimum absolute atomic E-state index is 1.11. The van der Waals surface area contributed by atoms with Crippen molar-refractivity contribution in [2.75, 3.05) is 4.90 Å². The number of hydrogen-bond donors (Lipinski definition) is 0. The van der Waals surface area contributed by atoms with Crippen molar-refractivity contribution in [2.24, 2.45) is 0 Å². The summed E-state index contributed by atoms with van der Waals surface area (Å²) >= 11 is 0. The Balaban J connectivity index is 1.26. The van der Waals surface area contributed by atoms with Crippen LogP contribution in [0.3, 0.4) is 0 Å². The molecule has 0 atom stereocenters. The minimum atomic E-state index is 1.11. The second kappa shape index (κ2) is 12.7. The normalized spacial score (nSPS) is 11.0. The highest BCUT2D eigenvalue weighted by molar-refractivity contribution is 6.00. The Kier molecular flexibility index (Phi) is 7.63. The van der Waals surface area contributed by atoms with Crippen LogP contribution in [0.15, 0.2) is 200 Å². The highest BCUT2D eigenvalue weighted by Crippen LogP contribution is 2.43. The Hall–Kier alpha value is -6.18. The summed E-state index contributed by atoms with van der Waals surface area (Å²) in [4.78, 5) is 2.37. The van der Waals surface area contributed by atoms with Crippen LogP contribution in [0.25, 0.3) is 55.3 Å². The van der Waals surface area contributed by atoms with Crippen molar-refractivity contribution < 1.29 is 0 Å². The third kappa shape index (κ3) is 5.72. The van der Waals surface area contributed by atoms with Gasteiger partial charge in [0.05, 0.1) is 5.69 Å². The molecular formula is C46H33N. The summed E-state index contributed by atoms with van der Waals surface area (Å²) in [6, 6.07) is 71.8. The second-order valence-corrected chi connectivity index (χ2v) is 11.8. The van der Waals surface area contributed by atoms with E-state index in [1.165, 1.54) is 55.3 Å². The van der Waals surface area contributed by atoms with Gasteiger partial charge >= 0.3 is 0 Å². The zero-order chi connectivity index (χ0) is 31.4. The van der Waals surface area contributed by atoms with Gasteiger partial charge in [-0.25, -0.2) is 0 Å². The fourth-order valence-corrected chi connectivity index (χ4v) is 6.53. The highest BCUT2D eigenvalue weighted by Gasteiger charge is 2.18. The Morgan fingerprint density at radius 2 is 0.745 bits per heavy atom. The maximum absolute atomic E-state index is 2.37. The van der Waals surface area contributed by atoms with Crippen molar-refractivity contribution in [3.05, 3.63) is 200 Å². The fraction of sp³-hybridized carbons (Fsp3) is 0. The van der Waals surface area contributed by atoms with Gasteiger partial charge in [0, 0.05) is 16.9 Å². The maximum atomic E-state index is 2.37. The van der Waals surface area contributed by atoms with E-state index in [2.05, 4.69) is 205 Å². The third-order valence-corrected chi connectivity index (χ3v) is 8.85. The standard InChI is InChI=1S/C46H33N/c1-5-15-34(16-6-1)38-27-30-46(45(32-38)37-19-9-3-10-20-37)47(41-22-11-4-12-23-41)42-28-25-35(26-29-42)40-31-39-21-13-14-24-43(39)44(33-40)36-17-7-2-8-18-36/h1-33H. The Labute approximate surface area is 276 Å². The van der Waals surface area contributed by atoms with E-state index in [9.17, 15) is 0 Å². The molecule has 0 aliphatic heterocycles. The molecule has 1 nitrogen and oxygen atoms in total. The van der Waals surface area contributed by atoms with Crippen molar-refractivity contribution in [1.82, 2.24) is 0 Å². The number of para-hydroxylation sites is 1. The number of fused-ring (bicyclic) bond motifs is 1. The molecule has 0 aromatic heterocycles. The molecule has 0 radical (unpaired) electrons. The first-order valence-electron chi connectivity index (χ1n) is 16.1. The van der Waals surface area contributed by atoms with Crippen LogP contribution in [0.1, 0.15) is 0 Å². The van der Waals surface area contributed by atoms with Gasteiger partial charge in [0.2, 0.25) is 0 Å². The Morgan fingerprint density at radius 1 is 0.277 bits per heavy atom. The van der Waals surface area contributed by atoms with Crippen LogP contribution in [0, 0.1) is 0 Å². The number of nitrogens with zero attached hydrogens (tertiary/aromatic N) is 1. The summed E-state index contributed by atoms with van der Waals surface area (Å²) in [6.07, 6.45) is 0. The Morgan fingerprint density at radius 3 is 1.40 bits per heavy atom. The fourth-order valence-electron chi connectivity index (χ4n) is 6.53. The summed E-state index contributed by atoms with van der Waals surface area (Å²) in [7, 11) is 0. The highest BCUT2D eigenvalue weighted by atomic mass is 15.1. The zero-order valence-corrected chi connectivity index (χ0v) is 26.0. The first-order valence-corrected chi connectivity index (χ1v) is 16.1. The second-order valence-electron chi connectivity index (χ2n) is 11.8. The molecule has 222 valence electrons. The largest absolute Gasteiger partial charge is 0.310 e. The summed E-state index contributed by atoms with van der Waals surface area (Å²) in [5.41, 5.74) is 13.0. The van der Waals surface area contributed by atoms with E-state index < -0.39 is 0 Å². The lowest BCUT2D eigenvalue weighted by atomic mass is 9.93. The van der Waals surface area contributed by atoms with Crippen LogP contribution < -0.4 is 4.90 Å². The lowest BCUT2D eigenvalue weighted by Crippen LogP contribution is -2.11. The van der Waals surface area contributed by atoms with E-state index in [1.807, 2.05) is 0 Å². The molecule has 0 fully saturated rings. The molecule has 8 aromatic rings. The molecule has 0 aliphatic rings. The van der Waals surface area contributed by atoms with Crippen LogP contribution in [-0.4, -0.2) is 0 Å². The van der Waals surface area contributed by atoms with Gasteiger partial charge < -0.3 is 4.90 Å². The van der Waals surface area contributed by atoms with Crippen molar-refractivity contribution in [3.8, 4) is 44.5 Å². The number of rotatable bonds is 7. The molecular weight excluding hydrogens is 567 g/mol. The van der Waals surface area contributed by atoms with E-state index in [-0.39, 0.29) is 0 Å². The lowest BCUT2D eigenvalue weighted by molar-refractivity contribution is 1.28. The van der Waals surface area contributed by atoms with Crippen LogP contribution in [0.5, 0.6) is 0 Å². The molecule has 1 heteroatoms. The molecule has 0 spiro atoms. The summed E-state index contributed by atoms with van der Waals surface area (Å²) in [6.45, 7) is 0. The first kappa shape index (κ1) is 28.3.